The number of furan rings is 1. The maximum atomic E-state index is 12.8. The van der Waals surface area contributed by atoms with Crippen LogP contribution in [0.4, 0.5) is 0 Å². The summed E-state index contributed by atoms with van der Waals surface area (Å²) in [5, 5.41) is 4.17. The second-order valence-electron chi connectivity index (χ2n) is 6.63. The van der Waals surface area contributed by atoms with E-state index in [0.29, 0.717) is 6.42 Å². The van der Waals surface area contributed by atoms with Gasteiger partial charge in [0.2, 0.25) is 5.91 Å². The summed E-state index contributed by atoms with van der Waals surface area (Å²) < 4.78 is 7.75. The van der Waals surface area contributed by atoms with Crippen molar-refractivity contribution in [3.63, 3.8) is 0 Å². The van der Waals surface area contributed by atoms with Crippen LogP contribution in [-0.4, -0.2) is 27.1 Å². The first-order chi connectivity index (χ1) is 11.7. The van der Waals surface area contributed by atoms with E-state index in [-0.39, 0.29) is 11.9 Å². The van der Waals surface area contributed by atoms with E-state index >= 15 is 0 Å². The quantitative estimate of drug-likeness (QED) is 0.841. The third-order valence-corrected chi connectivity index (χ3v) is 4.82. The van der Waals surface area contributed by atoms with Crippen molar-refractivity contribution in [3.05, 3.63) is 41.6 Å². The third kappa shape index (κ3) is 3.89. The first kappa shape index (κ1) is 16.8. The van der Waals surface area contributed by atoms with E-state index < -0.39 is 0 Å². The van der Waals surface area contributed by atoms with E-state index in [1.165, 1.54) is 6.42 Å². The zero-order valence-electron chi connectivity index (χ0n) is 14.7. The molecular formula is C19H27N3O2. The zero-order chi connectivity index (χ0) is 16.9. The molecule has 1 saturated heterocycles. The average Bonchev–Trinajstić information content (AvgIpc) is 3.15. The topological polar surface area (TPSA) is 51.3 Å². The lowest BCUT2D eigenvalue weighted by Crippen LogP contribution is -2.34. The van der Waals surface area contributed by atoms with Gasteiger partial charge in [0.25, 0.3) is 0 Å². The molecule has 5 heteroatoms. The van der Waals surface area contributed by atoms with E-state index in [1.807, 2.05) is 30.4 Å². The van der Waals surface area contributed by atoms with Gasteiger partial charge in [0.1, 0.15) is 11.5 Å². The van der Waals surface area contributed by atoms with Crippen molar-refractivity contribution in [2.45, 2.75) is 57.9 Å². The highest BCUT2D eigenvalue weighted by Crippen LogP contribution is 2.32. The highest BCUT2D eigenvalue weighted by Gasteiger charge is 2.28. The van der Waals surface area contributed by atoms with Crippen LogP contribution in [0.25, 0.3) is 0 Å². The molecule has 2 aromatic heterocycles. The molecule has 0 aromatic carbocycles. The van der Waals surface area contributed by atoms with Gasteiger partial charge < -0.3 is 9.32 Å². The minimum Gasteiger partial charge on any atom is -0.464 e. The number of hydrogen-bond acceptors (Lipinski definition) is 3. The molecule has 2 aromatic rings. The monoisotopic (exact) mass is 329 g/mol. The lowest BCUT2D eigenvalue weighted by Gasteiger charge is -2.28. The van der Waals surface area contributed by atoms with Crippen molar-refractivity contribution < 1.29 is 9.21 Å². The Morgan fingerprint density at radius 1 is 1.33 bits per heavy atom. The van der Waals surface area contributed by atoms with Crippen molar-refractivity contribution in [1.82, 2.24) is 14.7 Å². The summed E-state index contributed by atoms with van der Waals surface area (Å²) in [6, 6.07) is 4.18. The van der Waals surface area contributed by atoms with Gasteiger partial charge in [-0.3, -0.25) is 9.48 Å². The van der Waals surface area contributed by atoms with E-state index in [1.54, 1.807) is 4.68 Å². The van der Waals surface area contributed by atoms with Crippen LogP contribution in [0.1, 0.15) is 62.2 Å². The molecule has 3 heterocycles. The van der Waals surface area contributed by atoms with Crippen molar-refractivity contribution in [2.24, 2.45) is 7.05 Å². The highest BCUT2D eigenvalue weighted by molar-refractivity contribution is 5.77. The fourth-order valence-corrected chi connectivity index (χ4v) is 3.46. The minimum absolute atomic E-state index is 0.0919. The van der Waals surface area contributed by atoms with E-state index in [4.69, 9.17) is 4.42 Å². The summed E-state index contributed by atoms with van der Waals surface area (Å²) in [4.78, 5) is 14.9. The largest absolute Gasteiger partial charge is 0.464 e. The molecule has 0 saturated carbocycles. The van der Waals surface area contributed by atoms with Crippen LogP contribution in [0.15, 0.2) is 28.9 Å². The van der Waals surface area contributed by atoms with Gasteiger partial charge in [-0.1, -0.05) is 19.8 Å². The second kappa shape index (κ2) is 7.69. The Hall–Kier alpha value is -2.04. The molecule has 0 N–H and O–H groups in total. The summed E-state index contributed by atoms with van der Waals surface area (Å²) in [6.07, 6.45) is 10.4. The number of nitrogens with zero attached hydrogens (tertiary/aromatic N) is 3. The number of hydrogen-bond donors (Lipinski definition) is 0. The van der Waals surface area contributed by atoms with Crippen LogP contribution in [0.5, 0.6) is 0 Å². The molecule has 24 heavy (non-hydrogen) atoms. The number of rotatable bonds is 5. The molecule has 0 radical (unpaired) electrons. The Labute approximate surface area is 143 Å². The Balaban J connectivity index is 1.70. The fourth-order valence-electron chi connectivity index (χ4n) is 3.46. The molecule has 1 aliphatic heterocycles. The third-order valence-electron chi connectivity index (χ3n) is 4.82. The predicted molar refractivity (Wildman–Crippen MR) is 92.5 cm³/mol. The number of amides is 1. The van der Waals surface area contributed by atoms with Crippen LogP contribution in [0, 0.1) is 0 Å². The molecule has 0 aliphatic carbocycles. The predicted octanol–water partition coefficient (Wildman–Crippen LogP) is 3.65. The van der Waals surface area contributed by atoms with Crippen LogP contribution in [-0.2, 0) is 24.7 Å². The molecule has 1 amide bonds. The van der Waals surface area contributed by atoms with E-state index in [2.05, 4.69) is 18.1 Å². The molecular weight excluding hydrogens is 302 g/mol. The van der Waals surface area contributed by atoms with Crippen LogP contribution in [0.3, 0.4) is 0 Å². The summed E-state index contributed by atoms with van der Waals surface area (Å²) in [6.45, 7) is 2.92. The van der Waals surface area contributed by atoms with Gasteiger partial charge in [-0.25, -0.2) is 0 Å². The number of likely N-dealkylation sites (tertiary alicyclic amines) is 1. The SMILES string of the molecule is CCc1ccc([C@H]2CCCCCN2C(=O)CCc2cnn(C)c2)o1. The standard InChI is InChI=1S/C19H27N3O2/c1-3-16-9-10-18(24-16)17-7-5-4-6-12-22(17)19(23)11-8-15-13-20-21(2)14-15/h9-10,13-14,17H,3-8,11-12H2,1-2H3/t17-/m1/s1. The molecule has 3 rings (SSSR count). The molecule has 1 atom stereocenters. The van der Waals surface area contributed by atoms with Gasteiger partial charge >= 0.3 is 0 Å². The van der Waals surface area contributed by atoms with Gasteiger partial charge in [-0.15, -0.1) is 0 Å². The number of carbonyl (C=O) groups is 1. The lowest BCUT2D eigenvalue weighted by atomic mass is 10.1. The van der Waals surface area contributed by atoms with Crippen molar-refractivity contribution in [1.29, 1.82) is 0 Å². The van der Waals surface area contributed by atoms with Crippen LogP contribution < -0.4 is 0 Å². The summed E-state index contributed by atoms with van der Waals surface area (Å²) in [5.74, 6) is 2.17. The summed E-state index contributed by atoms with van der Waals surface area (Å²) in [5.41, 5.74) is 1.11. The van der Waals surface area contributed by atoms with Gasteiger partial charge in [-0.2, -0.15) is 5.10 Å². The fraction of sp³-hybridized carbons (Fsp3) is 0.579. The maximum Gasteiger partial charge on any atom is 0.223 e. The maximum absolute atomic E-state index is 12.8. The Morgan fingerprint density at radius 3 is 2.92 bits per heavy atom. The number of aryl methyl sites for hydroxylation is 3. The van der Waals surface area contributed by atoms with Gasteiger partial charge in [0, 0.05) is 32.6 Å². The first-order valence-corrected chi connectivity index (χ1v) is 9.03. The molecule has 1 aliphatic rings. The summed E-state index contributed by atoms with van der Waals surface area (Å²) in [7, 11) is 1.90. The number of carbonyl (C=O) groups excluding carboxylic acids is 1. The van der Waals surface area contributed by atoms with Gasteiger partial charge in [-0.05, 0) is 37.0 Å². The zero-order valence-corrected chi connectivity index (χ0v) is 14.7. The van der Waals surface area contributed by atoms with Crippen molar-refractivity contribution in [3.8, 4) is 0 Å². The van der Waals surface area contributed by atoms with E-state index in [0.717, 1.165) is 55.7 Å². The first-order valence-electron chi connectivity index (χ1n) is 9.03. The Kier molecular flexibility index (Phi) is 5.38. The molecule has 0 unspecified atom stereocenters. The lowest BCUT2D eigenvalue weighted by molar-refractivity contribution is -0.134. The summed E-state index contributed by atoms with van der Waals surface area (Å²) >= 11 is 0. The average molecular weight is 329 g/mol. The Bertz CT molecular complexity index is 674. The molecule has 130 valence electrons. The minimum atomic E-state index is 0.0919. The molecule has 0 spiro atoms. The molecule has 1 fully saturated rings. The van der Waals surface area contributed by atoms with Gasteiger partial charge in [0.15, 0.2) is 0 Å². The molecule has 5 nitrogen and oxygen atoms in total. The van der Waals surface area contributed by atoms with Crippen molar-refractivity contribution in [2.75, 3.05) is 6.54 Å². The van der Waals surface area contributed by atoms with Crippen LogP contribution >= 0.6 is 0 Å². The van der Waals surface area contributed by atoms with E-state index in [9.17, 15) is 4.79 Å². The highest BCUT2D eigenvalue weighted by atomic mass is 16.3. The van der Waals surface area contributed by atoms with Crippen LogP contribution in [0.2, 0.25) is 0 Å². The second-order valence-corrected chi connectivity index (χ2v) is 6.63. The normalized spacial score (nSPS) is 18.6. The number of aromatic nitrogens is 2. The van der Waals surface area contributed by atoms with Crippen molar-refractivity contribution >= 4 is 5.91 Å². The van der Waals surface area contributed by atoms with Gasteiger partial charge in [0.05, 0.1) is 12.2 Å². The Morgan fingerprint density at radius 2 is 2.21 bits per heavy atom. The smallest absolute Gasteiger partial charge is 0.223 e. The molecule has 0 bridgehead atoms.